The molecule has 0 bridgehead atoms. The molecule has 4 N–H and O–H groups in total. The zero-order chi connectivity index (χ0) is 15.3. The third kappa shape index (κ3) is 8.09. The van der Waals surface area contributed by atoms with Crippen LogP contribution in [0.2, 0.25) is 0 Å². The van der Waals surface area contributed by atoms with Crippen molar-refractivity contribution >= 4 is 11.8 Å². The summed E-state index contributed by atoms with van der Waals surface area (Å²) in [7, 11) is 0. The van der Waals surface area contributed by atoms with Gasteiger partial charge in [0.15, 0.2) is 0 Å². The lowest BCUT2D eigenvalue weighted by atomic mass is 10.1. The van der Waals surface area contributed by atoms with Crippen LogP contribution in [-0.4, -0.2) is 31.4 Å². The molecule has 21 heavy (non-hydrogen) atoms. The number of hydrogen-bond donors (Lipinski definition) is 3. The largest absolute Gasteiger partial charge is 0.354 e. The standard InChI is InChI=1S/C16H25N3O2/c17-11-7-2-1-6-10-15(20)18-12-13-19-16(21)14-8-4-3-5-9-14/h3-5,8-9H,1-2,6-7,10-13,17H2,(H,18,20)(H,19,21). The second kappa shape index (κ2) is 10.9. The molecule has 5 nitrogen and oxygen atoms in total. The zero-order valence-electron chi connectivity index (χ0n) is 12.4. The molecule has 0 fully saturated rings. The molecule has 0 heterocycles. The predicted molar refractivity (Wildman–Crippen MR) is 83.9 cm³/mol. The molecule has 1 aromatic carbocycles. The molecule has 5 heteroatoms. The van der Waals surface area contributed by atoms with Crippen LogP contribution in [0.4, 0.5) is 0 Å². The van der Waals surface area contributed by atoms with Crippen molar-refractivity contribution in [3.05, 3.63) is 35.9 Å². The molecular formula is C16H25N3O2. The Morgan fingerprint density at radius 3 is 2.29 bits per heavy atom. The summed E-state index contributed by atoms with van der Waals surface area (Å²) in [5.74, 6) is -0.0802. The van der Waals surface area contributed by atoms with Gasteiger partial charge in [0.05, 0.1) is 0 Å². The Bertz CT molecular complexity index is 421. The highest BCUT2D eigenvalue weighted by Gasteiger charge is 2.04. The van der Waals surface area contributed by atoms with Gasteiger partial charge in [-0.25, -0.2) is 0 Å². The average Bonchev–Trinajstić information content (AvgIpc) is 2.52. The van der Waals surface area contributed by atoms with E-state index in [9.17, 15) is 9.59 Å². The summed E-state index contributed by atoms with van der Waals surface area (Å²) < 4.78 is 0. The zero-order valence-corrected chi connectivity index (χ0v) is 12.4. The Balaban J connectivity index is 2.03. The first-order valence-corrected chi connectivity index (χ1v) is 7.54. The van der Waals surface area contributed by atoms with Crippen molar-refractivity contribution < 1.29 is 9.59 Å². The number of benzene rings is 1. The van der Waals surface area contributed by atoms with Crippen molar-refractivity contribution in [1.82, 2.24) is 10.6 Å². The Morgan fingerprint density at radius 1 is 0.905 bits per heavy atom. The SMILES string of the molecule is NCCCCCCC(=O)NCCNC(=O)c1ccccc1. The van der Waals surface area contributed by atoms with E-state index in [-0.39, 0.29) is 11.8 Å². The van der Waals surface area contributed by atoms with Crippen molar-refractivity contribution in [1.29, 1.82) is 0 Å². The number of carbonyl (C=O) groups is 2. The van der Waals surface area contributed by atoms with Gasteiger partial charge in [-0.3, -0.25) is 9.59 Å². The lowest BCUT2D eigenvalue weighted by Gasteiger charge is -2.07. The van der Waals surface area contributed by atoms with E-state index in [0.29, 0.717) is 31.6 Å². The van der Waals surface area contributed by atoms with Crippen LogP contribution in [0, 0.1) is 0 Å². The third-order valence-corrected chi connectivity index (χ3v) is 3.13. The van der Waals surface area contributed by atoms with E-state index in [1.165, 1.54) is 0 Å². The van der Waals surface area contributed by atoms with E-state index in [2.05, 4.69) is 10.6 Å². The molecular weight excluding hydrogens is 266 g/mol. The highest BCUT2D eigenvalue weighted by atomic mass is 16.2. The predicted octanol–water partition coefficient (Wildman–Crippen LogP) is 1.44. The molecule has 0 aliphatic heterocycles. The van der Waals surface area contributed by atoms with Crippen molar-refractivity contribution in [2.75, 3.05) is 19.6 Å². The monoisotopic (exact) mass is 291 g/mol. The van der Waals surface area contributed by atoms with Crippen LogP contribution in [-0.2, 0) is 4.79 Å². The maximum Gasteiger partial charge on any atom is 0.251 e. The summed E-state index contributed by atoms with van der Waals surface area (Å²) in [6.45, 7) is 1.61. The number of amides is 2. The van der Waals surface area contributed by atoms with Gasteiger partial charge in [0.2, 0.25) is 5.91 Å². The first kappa shape index (κ1) is 17.2. The summed E-state index contributed by atoms with van der Waals surface area (Å²) in [5.41, 5.74) is 6.03. The molecule has 0 unspecified atom stereocenters. The van der Waals surface area contributed by atoms with Gasteiger partial charge in [0.25, 0.3) is 5.91 Å². The molecule has 0 saturated carbocycles. The van der Waals surface area contributed by atoms with Crippen LogP contribution in [0.15, 0.2) is 30.3 Å². The van der Waals surface area contributed by atoms with Crippen molar-refractivity contribution in [2.24, 2.45) is 5.73 Å². The molecule has 0 spiro atoms. The topological polar surface area (TPSA) is 84.2 Å². The highest BCUT2D eigenvalue weighted by Crippen LogP contribution is 2.01. The fourth-order valence-corrected chi connectivity index (χ4v) is 1.94. The van der Waals surface area contributed by atoms with Gasteiger partial charge in [-0.1, -0.05) is 31.0 Å². The third-order valence-electron chi connectivity index (χ3n) is 3.13. The highest BCUT2D eigenvalue weighted by molar-refractivity contribution is 5.94. The molecule has 0 aliphatic carbocycles. The molecule has 2 amide bonds. The Labute approximate surface area is 126 Å². The van der Waals surface area contributed by atoms with Gasteiger partial charge in [0.1, 0.15) is 0 Å². The first-order chi connectivity index (χ1) is 10.2. The summed E-state index contributed by atoms with van der Waals surface area (Å²) in [5, 5.41) is 5.57. The Morgan fingerprint density at radius 2 is 1.57 bits per heavy atom. The smallest absolute Gasteiger partial charge is 0.251 e. The van der Waals surface area contributed by atoms with Crippen LogP contribution in [0.25, 0.3) is 0 Å². The molecule has 1 aromatic rings. The van der Waals surface area contributed by atoms with E-state index in [0.717, 1.165) is 25.7 Å². The van der Waals surface area contributed by atoms with Crippen LogP contribution in [0.3, 0.4) is 0 Å². The van der Waals surface area contributed by atoms with Crippen molar-refractivity contribution in [2.45, 2.75) is 32.1 Å². The molecule has 0 atom stereocenters. The second-order valence-corrected chi connectivity index (χ2v) is 4.92. The number of unbranched alkanes of at least 4 members (excludes halogenated alkanes) is 3. The number of hydrogen-bond acceptors (Lipinski definition) is 3. The van der Waals surface area contributed by atoms with E-state index < -0.39 is 0 Å². The van der Waals surface area contributed by atoms with E-state index in [1.54, 1.807) is 12.1 Å². The number of nitrogens with two attached hydrogens (primary N) is 1. The maximum atomic E-state index is 11.7. The quantitative estimate of drug-likeness (QED) is 0.570. The molecule has 1 rings (SSSR count). The Kier molecular flexibility index (Phi) is 8.88. The van der Waals surface area contributed by atoms with Crippen LogP contribution in [0.5, 0.6) is 0 Å². The van der Waals surface area contributed by atoms with Gasteiger partial charge < -0.3 is 16.4 Å². The summed E-state index contributed by atoms with van der Waals surface area (Å²) in [4.78, 5) is 23.3. The number of carbonyl (C=O) groups excluding carboxylic acids is 2. The maximum absolute atomic E-state index is 11.7. The lowest BCUT2D eigenvalue weighted by molar-refractivity contribution is -0.121. The Hall–Kier alpha value is -1.88. The average molecular weight is 291 g/mol. The normalized spacial score (nSPS) is 10.1. The minimum atomic E-state index is -0.119. The van der Waals surface area contributed by atoms with Gasteiger partial charge in [-0.15, -0.1) is 0 Å². The molecule has 0 aliphatic rings. The van der Waals surface area contributed by atoms with Gasteiger partial charge >= 0.3 is 0 Å². The fraction of sp³-hybridized carbons (Fsp3) is 0.500. The number of rotatable bonds is 10. The van der Waals surface area contributed by atoms with Crippen LogP contribution >= 0.6 is 0 Å². The molecule has 0 radical (unpaired) electrons. The lowest BCUT2D eigenvalue weighted by Crippen LogP contribution is -2.34. The van der Waals surface area contributed by atoms with E-state index >= 15 is 0 Å². The van der Waals surface area contributed by atoms with Gasteiger partial charge in [-0.2, -0.15) is 0 Å². The van der Waals surface area contributed by atoms with E-state index in [4.69, 9.17) is 5.73 Å². The van der Waals surface area contributed by atoms with Gasteiger partial charge in [0, 0.05) is 25.1 Å². The summed E-state index contributed by atoms with van der Waals surface area (Å²) in [6, 6.07) is 9.03. The summed E-state index contributed by atoms with van der Waals surface area (Å²) >= 11 is 0. The van der Waals surface area contributed by atoms with Gasteiger partial charge in [-0.05, 0) is 31.5 Å². The molecule has 116 valence electrons. The minimum absolute atomic E-state index is 0.0386. The fourth-order valence-electron chi connectivity index (χ4n) is 1.94. The van der Waals surface area contributed by atoms with Crippen molar-refractivity contribution in [3.8, 4) is 0 Å². The van der Waals surface area contributed by atoms with E-state index in [1.807, 2.05) is 18.2 Å². The van der Waals surface area contributed by atoms with Crippen molar-refractivity contribution in [3.63, 3.8) is 0 Å². The molecule has 0 aromatic heterocycles. The van der Waals surface area contributed by atoms with Crippen LogP contribution in [0.1, 0.15) is 42.5 Å². The van der Waals surface area contributed by atoms with Crippen LogP contribution < -0.4 is 16.4 Å². The minimum Gasteiger partial charge on any atom is -0.354 e. The summed E-state index contributed by atoms with van der Waals surface area (Å²) in [6.07, 6.45) is 4.57. The molecule has 0 saturated heterocycles. The number of nitrogens with one attached hydrogen (secondary N) is 2. The first-order valence-electron chi connectivity index (χ1n) is 7.54. The second-order valence-electron chi connectivity index (χ2n) is 4.92.